The van der Waals surface area contributed by atoms with Crippen molar-refractivity contribution in [2.45, 2.75) is 0 Å². The summed E-state index contributed by atoms with van der Waals surface area (Å²) < 4.78 is 26.8. The predicted octanol–water partition coefficient (Wildman–Crippen LogP) is 2.41. The molecule has 0 unspecified atom stereocenters. The lowest BCUT2D eigenvalue weighted by Crippen LogP contribution is -2.17. The molecule has 4 N–H and O–H groups in total. The molecule has 0 bridgehead atoms. The van der Waals surface area contributed by atoms with E-state index in [4.69, 9.17) is 11.5 Å². The lowest BCUT2D eigenvalue weighted by Gasteiger charge is -2.21. The molecule has 0 fully saturated rings. The number of benzene rings is 2. The van der Waals surface area contributed by atoms with E-state index in [0.717, 1.165) is 6.07 Å². The highest BCUT2D eigenvalue weighted by molar-refractivity contribution is 5.99. The van der Waals surface area contributed by atoms with E-state index in [0.29, 0.717) is 5.69 Å². The molecule has 0 atom stereocenters. The van der Waals surface area contributed by atoms with Gasteiger partial charge in [0.2, 0.25) is 0 Å². The molecule has 0 saturated carbocycles. The molecule has 104 valence electrons. The molecule has 20 heavy (non-hydrogen) atoms. The van der Waals surface area contributed by atoms with Crippen LogP contribution in [0.3, 0.4) is 0 Å². The smallest absolute Gasteiger partial charge is 0.250 e. The molecule has 6 heteroatoms. The van der Waals surface area contributed by atoms with E-state index < -0.39 is 17.5 Å². The summed E-state index contributed by atoms with van der Waals surface area (Å²) in [6.07, 6.45) is 0. The van der Waals surface area contributed by atoms with Gasteiger partial charge in [-0.25, -0.2) is 8.78 Å². The van der Waals surface area contributed by atoms with Crippen LogP contribution in [0, 0.1) is 11.6 Å². The van der Waals surface area contributed by atoms with E-state index in [1.807, 2.05) is 0 Å². The molecule has 1 amide bonds. The quantitative estimate of drug-likeness (QED) is 0.846. The van der Waals surface area contributed by atoms with Gasteiger partial charge in [0, 0.05) is 18.4 Å². The van der Waals surface area contributed by atoms with Crippen LogP contribution in [0.5, 0.6) is 0 Å². The van der Waals surface area contributed by atoms with Gasteiger partial charge in [-0.3, -0.25) is 4.79 Å². The van der Waals surface area contributed by atoms with Gasteiger partial charge in [0.25, 0.3) is 5.91 Å². The van der Waals surface area contributed by atoms with Gasteiger partial charge >= 0.3 is 0 Å². The maximum absolute atomic E-state index is 14.0. The van der Waals surface area contributed by atoms with Crippen LogP contribution in [-0.4, -0.2) is 13.0 Å². The van der Waals surface area contributed by atoms with Crippen molar-refractivity contribution in [1.82, 2.24) is 0 Å². The lowest BCUT2D eigenvalue weighted by atomic mass is 10.1. The fourth-order valence-corrected chi connectivity index (χ4v) is 1.85. The number of carbonyl (C=O) groups excluding carboxylic acids is 1. The van der Waals surface area contributed by atoms with Gasteiger partial charge in [0.1, 0.15) is 11.6 Å². The Labute approximate surface area is 114 Å². The van der Waals surface area contributed by atoms with Crippen LogP contribution in [0.2, 0.25) is 0 Å². The predicted molar refractivity (Wildman–Crippen MR) is 73.8 cm³/mol. The Bertz CT molecular complexity index is 656. The van der Waals surface area contributed by atoms with Crippen molar-refractivity contribution in [3.63, 3.8) is 0 Å². The summed E-state index contributed by atoms with van der Waals surface area (Å²) in [4.78, 5) is 12.7. The molecule has 2 rings (SSSR count). The topological polar surface area (TPSA) is 72.3 Å². The minimum absolute atomic E-state index is 0.0220. The summed E-state index contributed by atoms with van der Waals surface area (Å²) in [5, 5.41) is 0. The maximum Gasteiger partial charge on any atom is 0.250 e. The van der Waals surface area contributed by atoms with E-state index >= 15 is 0 Å². The first-order chi connectivity index (χ1) is 9.40. The summed E-state index contributed by atoms with van der Waals surface area (Å²) in [6.45, 7) is 0. The molecule has 0 heterocycles. The molecular weight excluding hydrogens is 264 g/mol. The Hall–Kier alpha value is -2.63. The SMILES string of the molecule is CN(c1ccc(F)cc1)c1cc(C(N)=O)c(N)cc1F. The average molecular weight is 277 g/mol. The first kappa shape index (κ1) is 13.8. The number of rotatable bonds is 3. The van der Waals surface area contributed by atoms with Gasteiger partial charge in [-0.15, -0.1) is 0 Å². The second kappa shape index (κ2) is 5.16. The van der Waals surface area contributed by atoms with E-state index in [2.05, 4.69) is 0 Å². The van der Waals surface area contributed by atoms with Crippen LogP contribution in [0.1, 0.15) is 10.4 Å². The third-order valence-electron chi connectivity index (χ3n) is 2.96. The number of primary amides is 1. The van der Waals surface area contributed by atoms with Crippen molar-refractivity contribution < 1.29 is 13.6 Å². The monoisotopic (exact) mass is 277 g/mol. The van der Waals surface area contributed by atoms with Crippen LogP contribution >= 0.6 is 0 Å². The van der Waals surface area contributed by atoms with Crippen LogP contribution in [0.15, 0.2) is 36.4 Å². The van der Waals surface area contributed by atoms with Crippen molar-refractivity contribution >= 4 is 23.0 Å². The number of anilines is 3. The highest BCUT2D eigenvalue weighted by Crippen LogP contribution is 2.29. The fourth-order valence-electron chi connectivity index (χ4n) is 1.85. The van der Waals surface area contributed by atoms with Crippen LogP contribution in [-0.2, 0) is 0 Å². The Kier molecular flexibility index (Phi) is 3.56. The number of hydrogen-bond donors (Lipinski definition) is 2. The maximum atomic E-state index is 14.0. The molecule has 0 aliphatic carbocycles. The molecule has 2 aromatic rings. The normalized spacial score (nSPS) is 10.3. The molecule has 0 spiro atoms. The summed E-state index contributed by atoms with van der Waals surface area (Å²) in [7, 11) is 1.59. The fraction of sp³-hybridized carbons (Fsp3) is 0.0714. The second-order valence-electron chi connectivity index (χ2n) is 4.29. The van der Waals surface area contributed by atoms with Gasteiger partial charge in [-0.05, 0) is 36.4 Å². The second-order valence-corrected chi connectivity index (χ2v) is 4.29. The average Bonchev–Trinajstić information content (AvgIpc) is 2.38. The van der Waals surface area contributed by atoms with Crippen LogP contribution in [0.4, 0.5) is 25.8 Å². The van der Waals surface area contributed by atoms with Gasteiger partial charge in [0.15, 0.2) is 0 Å². The third kappa shape index (κ3) is 2.54. The van der Waals surface area contributed by atoms with Crippen molar-refractivity contribution in [2.24, 2.45) is 5.73 Å². The Morgan fingerprint density at radius 3 is 2.30 bits per heavy atom. The summed E-state index contributed by atoms with van der Waals surface area (Å²) >= 11 is 0. The van der Waals surface area contributed by atoms with Crippen molar-refractivity contribution in [2.75, 3.05) is 17.7 Å². The number of nitrogens with zero attached hydrogens (tertiary/aromatic N) is 1. The molecule has 0 radical (unpaired) electrons. The van der Waals surface area contributed by atoms with E-state index in [-0.39, 0.29) is 16.9 Å². The summed E-state index contributed by atoms with van der Waals surface area (Å²) in [5.74, 6) is -1.73. The van der Waals surface area contributed by atoms with E-state index in [1.165, 1.54) is 35.2 Å². The number of hydrogen-bond acceptors (Lipinski definition) is 3. The summed E-state index contributed by atoms with van der Waals surface area (Å²) in [6, 6.07) is 7.82. The Morgan fingerprint density at radius 1 is 1.15 bits per heavy atom. The molecule has 4 nitrogen and oxygen atoms in total. The molecule has 0 aliphatic heterocycles. The minimum atomic E-state index is -0.740. The number of nitrogen functional groups attached to an aromatic ring is 1. The minimum Gasteiger partial charge on any atom is -0.398 e. The Morgan fingerprint density at radius 2 is 1.75 bits per heavy atom. The summed E-state index contributed by atoms with van der Waals surface area (Å²) in [5.41, 5.74) is 11.4. The van der Waals surface area contributed by atoms with E-state index in [9.17, 15) is 13.6 Å². The highest BCUT2D eigenvalue weighted by atomic mass is 19.1. The number of amides is 1. The Balaban J connectivity index is 2.48. The van der Waals surface area contributed by atoms with Gasteiger partial charge < -0.3 is 16.4 Å². The largest absolute Gasteiger partial charge is 0.398 e. The standard InChI is InChI=1S/C14H13F2N3O/c1-19(9-4-2-8(15)3-5-9)13-6-10(14(18)20)12(17)7-11(13)16/h2-7H,17H2,1H3,(H2,18,20). The van der Waals surface area contributed by atoms with Crippen LogP contribution in [0.25, 0.3) is 0 Å². The first-order valence-corrected chi connectivity index (χ1v) is 5.78. The number of nitrogens with two attached hydrogens (primary N) is 2. The molecule has 2 aromatic carbocycles. The van der Waals surface area contributed by atoms with Crippen molar-refractivity contribution in [1.29, 1.82) is 0 Å². The van der Waals surface area contributed by atoms with Crippen molar-refractivity contribution in [3.8, 4) is 0 Å². The number of halogens is 2. The first-order valence-electron chi connectivity index (χ1n) is 5.78. The van der Waals surface area contributed by atoms with Gasteiger partial charge in [-0.2, -0.15) is 0 Å². The molecule has 0 aliphatic rings. The zero-order valence-electron chi connectivity index (χ0n) is 10.7. The van der Waals surface area contributed by atoms with E-state index in [1.54, 1.807) is 7.05 Å². The van der Waals surface area contributed by atoms with Gasteiger partial charge in [0.05, 0.1) is 11.3 Å². The molecule has 0 aromatic heterocycles. The molecular formula is C14H13F2N3O. The zero-order chi connectivity index (χ0) is 14.9. The lowest BCUT2D eigenvalue weighted by molar-refractivity contribution is 0.100. The van der Waals surface area contributed by atoms with Crippen LogP contribution < -0.4 is 16.4 Å². The highest BCUT2D eigenvalue weighted by Gasteiger charge is 2.15. The molecule has 0 saturated heterocycles. The third-order valence-corrected chi connectivity index (χ3v) is 2.96. The van der Waals surface area contributed by atoms with Crippen molar-refractivity contribution in [3.05, 3.63) is 53.6 Å². The number of carbonyl (C=O) groups is 1. The zero-order valence-corrected chi connectivity index (χ0v) is 10.7. The van der Waals surface area contributed by atoms with Gasteiger partial charge in [-0.1, -0.05) is 0 Å².